The van der Waals surface area contributed by atoms with Crippen LogP contribution in [0.25, 0.3) is 0 Å². The molecule has 4 heteroatoms. The number of fused-ring (bicyclic) bond motifs is 1. The van der Waals surface area contributed by atoms with Gasteiger partial charge >= 0.3 is 0 Å². The van der Waals surface area contributed by atoms with E-state index in [1.165, 1.54) is 11.3 Å². The molecule has 0 radical (unpaired) electrons. The van der Waals surface area contributed by atoms with Crippen molar-refractivity contribution in [2.45, 2.75) is 32.4 Å². The fraction of sp³-hybridized carbons (Fsp3) is 0.500. The fourth-order valence-corrected chi connectivity index (χ4v) is 2.38. The van der Waals surface area contributed by atoms with Gasteiger partial charge in [0.05, 0.1) is 6.04 Å². The number of likely N-dealkylation sites (N-methyl/N-ethyl adjacent to an activating group) is 1. The summed E-state index contributed by atoms with van der Waals surface area (Å²) in [6, 6.07) is 9.23. The number of rotatable bonds is 3. The predicted molar refractivity (Wildman–Crippen MR) is 76.3 cm³/mol. The lowest BCUT2D eigenvalue weighted by atomic mass is 10.1. The molecule has 18 heavy (non-hydrogen) atoms. The monoisotopic (exact) mass is 246 g/mol. The van der Waals surface area contributed by atoms with Gasteiger partial charge in [-0.15, -0.1) is 0 Å². The summed E-state index contributed by atoms with van der Waals surface area (Å²) in [4.78, 5) is 2.30. The Bertz CT molecular complexity index is 428. The molecule has 0 saturated heterocycles. The Kier molecular flexibility index (Phi) is 3.75. The second kappa shape index (κ2) is 5.29. The van der Waals surface area contributed by atoms with E-state index in [1.54, 1.807) is 0 Å². The highest BCUT2D eigenvalue weighted by Gasteiger charge is 2.25. The topological polar surface area (TPSA) is 51.2 Å². The Balaban J connectivity index is 1.88. The Morgan fingerprint density at radius 3 is 2.83 bits per heavy atom. The average Bonchev–Trinajstić information content (AvgIpc) is 2.64. The fourth-order valence-electron chi connectivity index (χ4n) is 2.38. The van der Waals surface area contributed by atoms with E-state index in [-0.39, 0.29) is 0 Å². The van der Waals surface area contributed by atoms with Crippen LogP contribution in [0.2, 0.25) is 0 Å². The van der Waals surface area contributed by atoms with Crippen molar-refractivity contribution in [3.05, 3.63) is 29.8 Å². The zero-order valence-electron chi connectivity index (χ0n) is 11.3. The quantitative estimate of drug-likeness (QED) is 0.560. The van der Waals surface area contributed by atoms with Crippen LogP contribution >= 0.6 is 0 Å². The van der Waals surface area contributed by atoms with Gasteiger partial charge in [0, 0.05) is 25.3 Å². The summed E-state index contributed by atoms with van der Waals surface area (Å²) in [7, 11) is 2.12. The van der Waals surface area contributed by atoms with Crippen molar-refractivity contribution in [1.82, 2.24) is 10.6 Å². The Labute approximate surface area is 109 Å². The number of nitrogens with zero attached hydrogens (tertiary/aromatic N) is 1. The highest BCUT2D eigenvalue weighted by atomic mass is 15.2. The summed E-state index contributed by atoms with van der Waals surface area (Å²) in [6.07, 6.45) is 1.05. The molecule has 0 bridgehead atoms. The lowest BCUT2D eigenvalue weighted by Gasteiger charge is -2.24. The van der Waals surface area contributed by atoms with Crippen LogP contribution in [-0.4, -0.2) is 31.6 Å². The number of para-hydroxylation sites is 1. The molecule has 98 valence electrons. The van der Waals surface area contributed by atoms with Crippen LogP contribution in [0.15, 0.2) is 24.3 Å². The van der Waals surface area contributed by atoms with Gasteiger partial charge in [0.2, 0.25) is 0 Å². The van der Waals surface area contributed by atoms with E-state index in [9.17, 15) is 0 Å². The average molecular weight is 246 g/mol. The van der Waals surface area contributed by atoms with E-state index in [4.69, 9.17) is 5.41 Å². The lowest BCUT2D eigenvalue weighted by molar-refractivity contribution is 0.619. The summed E-state index contributed by atoms with van der Waals surface area (Å²) in [5.74, 6) is 0.411. The van der Waals surface area contributed by atoms with Crippen LogP contribution in [0.3, 0.4) is 0 Å². The van der Waals surface area contributed by atoms with Crippen molar-refractivity contribution in [2.75, 3.05) is 18.5 Å². The van der Waals surface area contributed by atoms with Gasteiger partial charge in [-0.1, -0.05) is 18.2 Å². The van der Waals surface area contributed by atoms with Crippen molar-refractivity contribution in [3.63, 3.8) is 0 Å². The number of nitrogens with one attached hydrogen (secondary N) is 3. The maximum Gasteiger partial charge on any atom is 0.188 e. The molecule has 3 N–H and O–H groups in total. The van der Waals surface area contributed by atoms with Crippen LogP contribution in [0.5, 0.6) is 0 Å². The van der Waals surface area contributed by atoms with Gasteiger partial charge < -0.3 is 15.5 Å². The zero-order chi connectivity index (χ0) is 13.1. The van der Waals surface area contributed by atoms with Crippen molar-refractivity contribution >= 4 is 11.6 Å². The van der Waals surface area contributed by atoms with Gasteiger partial charge in [0.15, 0.2) is 5.96 Å². The van der Waals surface area contributed by atoms with Crippen LogP contribution in [-0.2, 0) is 6.42 Å². The molecule has 0 amide bonds. The third-order valence-corrected chi connectivity index (χ3v) is 3.32. The maximum absolute atomic E-state index is 7.77. The van der Waals surface area contributed by atoms with E-state index in [0.29, 0.717) is 18.0 Å². The minimum absolute atomic E-state index is 0.295. The normalized spacial score (nSPS) is 17.8. The molecule has 1 aliphatic heterocycles. The molecule has 1 aliphatic rings. The van der Waals surface area contributed by atoms with Gasteiger partial charge in [-0.05, 0) is 31.9 Å². The molecule has 1 heterocycles. The van der Waals surface area contributed by atoms with Crippen molar-refractivity contribution in [3.8, 4) is 0 Å². The minimum atomic E-state index is 0.295. The summed E-state index contributed by atoms with van der Waals surface area (Å²) < 4.78 is 0. The van der Waals surface area contributed by atoms with E-state index >= 15 is 0 Å². The zero-order valence-corrected chi connectivity index (χ0v) is 11.3. The molecule has 1 atom stereocenters. The van der Waals surface area contributed by atoms with E-state index in [1.807, 2.05) is 13.8 Å². The number of benzene rings is 1. The Hall–Kier alpha value is -1.71. The molecule has 1 aromatic carbocycles. The summed E-state index contributed by atoms with van der Waals surface area (Å²) in [5, 5.41) is 14.0. The van der Waals surface area contributed by atoms with Gasteiger partial charge in [-0.2, -0.15) is 0 Å². The second-order valence-corrected chi connectivity index (χ2v) is 5.15. The molecule has 2 rings (SSSR count). The summed E-state index contributed by atoms with van der Waals surface area (Å²) >= 11 is 0. The molecule has 0 fully saturated rings. The molecule has 4 nitrogen and oxygen atoms in total. The highest BCUT2D eigenvalue weighted by molar-refractivity contribution is 5.76. The maximum atomic E-state index is 7.77. The number of guanidine groups is 1. The molecule has 0 saturated carbocycles. The standard InChI is InChI=1S/C14H22N4/c1-10(2)17-14(15)16-9-12-8-11-6-4-5-7-13(11)18(12)3/h4-7,10,12H,8-9H2,1-3H3,(H3,15,16,17). The van der Waals surface area contributed by atoms with Gasteiger partial charge in [0.25, 0.3) is 0 Å². The first-order chi connectivity index (χ1) is 8.58. The van der Waals surface area contributed by atoms with Crippen LogP contribution in [0, 0.1) is 5.41 Å². The first-order valence-corrected chi connectivity index (χ1v) is 6.47. The van der Waals surface area contributed by atoms with Crippen molar-refractivity contribution in [2.24, 2.45) is 0 Å². The summed E-state index contributed by atoms with van der Waals surface area (Å²) in [5.41, 5.74) is 2.71. The first-order valence-electron chi connectivity index (χ1n) is 6.47. The molecular formula is C14H22N4. The van der Waals surface area contributed by atoms with Crippen LogP contribution in [0.1, 0.15) is 19.4 Å². The number of anilines is 1. The third kappa shape index (κ3) is 2.75. The molecule has 0 aliphatic carbocycles. The SMILES string of the molecule is CC(C)NC(=N)NCC1Cc2ccccc2N1C. The molecule has 1 aromatic rings. The van der Waals surface area contributed by atoms with Crippen LogP contribution < -0.4 is 15.5 Å². The summed E-state index contributed by atoms with van der Waals surface area (Å²) in [6.45, 7) is 4.87. The van der Waals surface area contributed by atoms with Gasteiger partial charge in [0.1, 0.15) is 0 Å². The Morgan fingerprint density at radius 1 is 1.44 bits per heavy atom. The number of hydrogen-bond donors (Lipinski definition) is 3. The lowest BCUT2D eigenvalue weighted by Crippen LogP contribution is -2.46. The van der Waals surface area contributed by atoms with Crippen molar-refractivity contribution in [1.29, 1.82) is 5.41 Å². The predicted octanol–water partition coefficient (Wildman–Crippen LogP) is 1.57. The minimum Gasteiger partial charge on any atom is -0.369 e. The van der Waals surface area contributed by atoms with Crippen molar-refractivity contribution < 1.29 is 0 Å². The van der Waals surface area contributed by atoms with Crippen LogP contribution in [0.4, 0.5) is 5.69 Å². The molecular weight excluding hydrogens is 224 g/mol. The second-order valence-electron chi connectivity index (χ2n) is 5.15. The molecule has 1 unspecified atom stereocenters. The molecule has 0 aromatic heterocycles. The smallest absolute Gasteiger partial charge is 0.188 e. The third-order valence-electron chi connectivity index (χ3n) is 3.32. The molecule has 0 spiro atoms. The Morgan fingerprint density at radius 2 is 2.17 bits per heavy atom. The number of hydrogen-bond acceptors (Lipinski definition) is 2. The van der Waals surface area contributed by atoms with Gasteiger partial charge in [-0.3, -0.25) is 5.41 Å². The first kappa shape index (κ1) is 12.7. The van der Waals surface area contributed by atoms with Gasteiger partial charge in [-0.25, -0.2) is 0 Å². The van der Waals surface area contributed by atoms with E-state index in [2.05, 4.69) is 46.8 Å². The van der Waals surface area contributed by atoms with E-state index < -0.39 is 0 Å². The van der Waals surface area contributed by atoms with E-state index in [0.717, 1.165) is 13.0 Å². The highest BCUT2D eigenvalue weighted by Crippen LogP contribution is 2.29. The largest absolute Gasteiger partial charge is 0.369 e.